The van der Waals surface area contributed by atoms with Crippen molar-refractivity contribution in [1.29, 1.82) is 0 Å². The fraction of sp³-hybridized carbons (Fsp3) is 0.391. The summed E-state index contributed by atoms with van der Waals surface area (Å²) in [7, 11) is 2.15. The van der Waals surface area contributed by atoms with Gasteiger partial charge in [0.15, 0.2) is 0 Å². The number of pyridine rings is 1. The highest BCUT2D eigenvalue weighted by molar-refractivity contribution is 6.31. The first kappa shape index (κ1) is 19.9. The van der Waals surface area contributed by atoms with Crippen molar-refractivity contribution in [3.8, 4) is 0 Å². The molecule has 0 amide bonds. The maximum absolute atomic E-state index is 11.6. The maximum Gasteiger partial charge on any atom is 0.304 e. The van der Waals surface area contributed by atoms with E-state index in [0.717, 1.165) is 47.7 Å². The van der Waals surface area contributed by atoms with Gasteiger partial charge in [0.25, 0.3) is 0 Å². The Morgan fingerprint density at radius 2 is 2.03 bits per heavy atom. The highest BCUT2D eigenvalue weighted by Crippen LogP contribution is 2.34. The molecule has 152 valence electrons. The lowest BCUT2D eigenvalue weighted by molar-refractivity contribution is -0.137. The van der Waals surface area contributed by atoms with Crippen LogP contribution in [-0.2, 0) is 24.2 Å². The number of aromatic nitrogens is 2. The summed E-state index contributed by atoms with van der Waals surface area (Å²) < 4.78 is 2.33. The van der Waals surface area contributed by atoms with E-state index >= 15 is 0 Å². The largest absolute Gasteiger partial charge is 0.481 e. The van der Waals surface area contributed by atoms with Crippen molar-refractivity contribution in [2.24, 2.45) is 0 Å². The Bertz CT molecular complexity index is 1040. The molecule has 1 aliphatic rings. The van der Waals surface area contributed by atoms with Crippen molar-refractivity contribution >= 4 is 28.5 Å². The molecule has 0 spiro atoms. The zero-order chi connectivity index (χ0) is 20.5. The number of hydrogen-bond acceptors (Lipinski definition) is 3. The van der Waals surface area contributed by atoms with E-state index in [0.29, 0.717) is 6.54 Å². The normalized spacial score (nSPS) is 15.8. The molecule has 0 bridgehead atoms. The number of carboxylic acid groups (broad SMARTS) is 1. The summed E-state index contributed by atoms with van der Waals surface area (Å²) in [6.45, 7) is 4.57. The second-order valence-corrected chi connectivity index (χ2v) is 8.46. The fourth-order valence-electron chi connectivity index (χ4n) is 4.37. The van der Waals surface area contributed by atoms with E-state index in [-0.39, 0.29) is 12.3 Å². The number of likely N-dealkylation sites (N-methyl/N-ethyl adjacent to an activating group) is 1. The zero-order valence-electron chi connectivity index (χ0n) is 16.9. The van der Waals surface area contributed by atoms with E-state index in [1.54, 1.807) is 0 Å². The lowest BCUT2D eigenvalue weighted by Crippen LogP contribution is -2.22. The summed E-state index contributed by atoms with van der Waals surface area (Å²) >= 11 is 6.32. The lowest BCUT2D eigenvalue weighted by Gasteiger charge is -2.20. The second kappa shape index (κ2) is 8.17. The van der Waals surface area contributed by atoms with Gasteiger partial charge >= 0.3 is 5.97 Å². The number of aliphatic carboxylic acids is 1. The second-order valence-electron chi connectivity index (χ2n) is 8.03. The van der Waals surface area contributed by atoms with Crippen LogP contribution in [-0.4, -0.2) is 45.7 Å². The molecule has 0 radical (unpaired) electrons. The monoisotopic (exact) mass is 411 g/mol. The van der Waals surface area contributed by atoms with Gasteiger partial charge in [-0.25, -0.2) is 0 Å². The third-order valence-corrected chi connectivity index (χ3v) is 6.19. The Balaban J connectivity index is 1.81. The number of carbonyl (C=O) groups is 1. The summed E-state index contributed by atoms with van der Waals surface area (Å²) in [6, 6.07) is 10.0. The Kier molecular flexibility index (Phi) is 5.61. The molecule has 1 unspecified atom stereocenters. The van der Waals surface area contributed by atoms with Gasteiger partial charge in [0.2, 0.25) is 0 Å². The summed E-state index contributed by atoms with van der Waals surface area (Å²) in [5, 5.41) is 11.5. The van der Waals surface area contributed by atoms with Gasteiger partial charge in [0.05, 0.1) is 6.42 Å². The molecule has 0 aliphatic carbocycles. The van der Waals surface area contributed by atoms with E-state index in [4.69, 9.17) is 11.6 Å². The van der Waals surface area contributed by atoms with Gasteiger partial charge in [-0.2, -0.15) is 0 Å². The number of halogens is 1. The Labute approximate surface area is 175 Å². The van der Waals surface area contributed by atoms with Crippen molar-refractivity contribution in [3.63, 3.8) is 0 Å². The fourth-order valence-corrected chi connectivity index (χ4v) is 4.55. The molecule has 1 N–H and O–H groups in total. The molecule has 2 aromatic heterocycles. The van der Waals surface area contributed by atoms with E-state index in [9.17, 15) is 9.90 Å². The van der Waals surface area contributed by atoms with Gasteiger partial charge in [-0.1, -0.05) is 17.7 Å². The Morgan fingerprint density at radius 1 is 1.24 bits per heavy atom. The molecule has 3 heterocycles. The molecule has 5 nitrogen and oxygen atoms in total. The number of rotatable bonds is 5. The lowest BCUT2D eigenvalue weighted by atomic mass is 9.96. The molecule has 6 heteroatoms. The number of nitrogens with zero attached hydrogens (tertiary/aromatic N) is 3. The molecule has 0 saturated heterocycles. The van der Waals surface area contributed by atoms with Crippen LogP contribution in [0.2, 0.25) is 5.02 Å². The van der Waals surface area contributed by atoms with Crippen molar-refractivity contribution < 1.29 is 9.90 Å². The van der Waals surface area contributed by atoms with Crippen molar-refractivity contribution in [1.82, 2.24) is 14.5 Å². The summed E-state index contributed by atoms with van der Waals surface area (Å²) in [5.41, 5.74) is 5.69. The standard InChI is InChI=1S/C23H26ClN3O2/c1-15-3-4-16(13-25-15)17(11-23(28)29)14-27-21-6-5-18(24)12-20(21)19-7-9-26(2)10-8-22(19)27/h3-6,12-13,17H,7-11,14H2,1-2H3,(H,28,29). The predicted molar refractivity (Wildman–Crippen MR) is 116 cm³/mol. The molecular weight excluding hydrogens is 386 g/mol. The third kappa shape index (κ3) is 4.16. The molecule has 3 aromatic rings. The summed E-state index contributed by atoms with van der Waals surface area (Å²) in [4.78, 5) is 18.4. The zero-order valence-corrected chi connectivity index (χ0v) is 17.6. The predicted octanol–water partition coefficient (Wildman–Crippen LogP) is 4.29. The molecule has 0 fully saturated rings. The third-order valence-electron chi connectivity index (χ3n) is 5.95. The highest BCUT2D eigenvalue weighted by atomic mass is 35.5. The Hall–Kier alpha value is -2.37. The van der Waals surface area contributed by atoms with E-state index in [1.165, 1.54) is 16.6 Å². The van der Waals surface area contributed by atoms with Gasteiger partial charge in [-0.05, 0) is 55.8 Å². The minimum Gasteiger partial charge on any atom is -0.481 e. The molecule has 1 aliphatic heterocycles. The van der Waals surface area contributed by atoms with Gasteiger partial charge in [-0.15, -0.1) is 0 Å². The van der Waals surface area contributed by atoms with Crippen LogP contribution in [0.4, 0.5) is 0 Å². The van der Waals surface area contributed by atoms with Crippen molar-refractivity contribution in [2.45, 2.75) is 38.6 Å². The number of carboxylic acids is 1. The van der Waals surface area contributed by atoms with Crippen LogP contribution in [0.15, 0.2) is 36.5 Å². The average Bonchev–Trinajstić information content (AvgIpc) is 2.81. The average molecular weight is 412 g/mol. The van der Waals surface area contributed by atoms with Crippen LogP contribution in [0.1, 0.15) is 34.9 Å². The minimum absolute atomic E-state index is 0.0761. The molecule has 29 heavy (non-hydrogen) atoms. The summed E-state index contributed by atoms with van der Waals surface area (Å²) in [5.74, 6) is -0.933. The molecular formula is C23H26ClN3O2. The van der Waals surface area contributed by atoms with Crippen LogP contribution < -0.4 is 0 Å². The molecule has 1 aromatic carbocycles. The van der Waals surface area contributed by atoms with Gasteiger partial charge in [-0.3, -0.25) is 9.78 Å². The number of aryl methyl sites for hydroxylation is 1. The van der Waals surface area contributed by atoms with Crippen LogP contribution in [0.3, 0.4) is 0 Å². The topological polar surface area (TPSA) is 58.4 Å². The van der Waals surface area contributed by atoms with E-state index in [2.05, 4.69) is 33.6 Å². The number of hydrogen-bond donors (Lipinski definition) is 1. The van der Waals surface area contributed by atoms with E-state index in [1.807, 2.05) is 31.3 Å². The van der Waals surface area contributed by atoms with Crippen molar-refractivity contribution in [3.05, 3.63) is 64.1 Å². The first-order valence-electron chi connectivity index (χ1n) is 10.0. The number of benzene rings is 1. The van der Waals surface area contributed by atoms with Gasteiger partial charge in [0, 0.05) is 65.5 Å². The summed E-state index contributed by atoms with van der Waals surface area (Å²) in [6.07, 6.45) is 3.82. The molecule has 1 atom stereocenters. The van der Waals surface area contributed by atoms with Crippen molar-refractivity contribution in [2.75, 3.05) is 20.1 Å². The first-order chi connectivity index (χ1) is 13.9. The molecule has 0 saturated carbocycles. The Morgan fingerprint density at radius 3 is 2.76 bits per heavy atom. The van der Waals surface area contributed by atoms with Crippen LogP contribution >= 0.6 is 11.6 Å². The highest BCUT2D eigenvalue weighted by Gasteiger charge is 2.24. The van der Waals surface area contributed by atoms with Crippen LogP contribution in [0.5, 0.6) is 0 Å². The van der Waals surface area contributed by atoms with Gasteiger partial charge < -0.3 is 14.6 Å². The smallest absolute Gasteiger partial charge is 0.304 e. The van der Waals surface area contributed by atoms with Crippen LogP contribution in [0, 0.1) is 6.92 Å². The van der Waals surface area contributed by atoms with Crippen LogP contribution in [0.25, 0.3) is 10.9 Å². The van der Waals surface area contributed by atoms with Gasteiger partial charge in [0.1, 0.15) is 0 Å². The quantitative estimate of drug-likeness (QED) is 0.680. The molecule has 4 rings (SSSR count). The first-order valence-corrected chi connectivity index (χ1v) is 10.4. The van der Waals surface area contributed by atoms with E-state index < -0.39 is 5.97 Å². The SMILES string of the molecule is Cc1ccc(C(CC(=O)O)Cn2c3c(c4cc(Cl)ccc42)CCN(C)CC3)cn1. The maximum atomic E-state index is 11.6. The number of fused-ring (bicyclic) bond motifs is 3. The minimum atomic E-state index is -0.791.